The van der Waals surface area contributed by atoms with Crippen LogP contribution in [0.5, 0.6) is 11.5 Å². The SMILES string of the molecule is O=C(NCc1ccc(Cl)cc1)c1ccc(NCc2ccc3c(c2)OCO3)nn1. The Balaban J connectivity index is 1.30. The average molecular weight is 397 g/mol. The van der Waals surface area contributed by atoms with Crippen LogP contribution in [0.1, 0.15) is 21.6 Å². The molecule has 8 heteroatoms. The Morgan fingerprint density at radius 3 is 2.50 bits per heavy atom. The van der Waals surface area contributed by atoms with Crippen molar-refractivity contribution >= 4 is 23.3 Å². The predicted octanol–water partition coefficient (Wildman–Crippen LogP) is 3.40. The number of amides is 1. The fourth-order valence-electron chi connectivity index (χ4n) is 2.67. The maximum absolute atomic E-state index is 12.2. The van der Waals surface area contributed by atoms with Gasteiger partial charge in [-0.15, -0.1) is 10.2 Å². The molecule has 142 valence electrons. The highest BCUT2D eigenvalue weighted by atomic mass is 35.5. The number of rotatable bonds is 6. The first-order valence-corrected chi connectivity index (χ1v) is 9.04. The van der Waals surface area contributed by atoms with Gasteiger partial charge in [-0.05, 0) is 47.5 Å². The zero-order valence-corrected chi connectivity index (χ0v) is 15.6. The van der Waals surface area contributed by atoms with Crippen LogP contribution in [-0.4, -0.2) is 22.9 Å². The molecule has 2 N–H and O–H groups in total. The van der Waals surface area contributed by atoms with E-state index >= 15 is 0 Å². The molecule has 0 unspecified atom stereocenters. The number of carbonyl (C=O) groups excluding carboxylic acids is 1. The quantitative estimate of drug-likeness (QED) is 0.664. The number of hydrogen-bond acceptors (Lipinski definition) is 6. The number of nitrogens with zero attached hydrogens (tertiary/aromatic N) is 2. The van der Waals surface area contributed by atoms with E-state index in [4.69, 9.17) is 21.1 Å². The molecule has 0 saturated carbocycles. The summed E-state index contributed by atoms with van der Waals surface area (Å²) in [5, 5.41) is 14.7. The Bertz CT molecular complexity index is 978. The van der Waals surface area contributed by atoms with Gasteiger partial charge in [-0.2, -0.15) is 0 Å². The Kier molecular flexibility index (Phi) is 5.25. The second-order valence-electron chi connectivity index (χ2n) is 6.15. The van der Waals surface area contributed by atoms with Gasteiger partial charge in [-0.3, -0.25) is 4.79 Å². The summed E-state index contributed by atoms with van der Waals surface area (Å²) in [6.07, 6.45) is 0. The van der Waals surface area contributed by atoms with Crippen LogP contribution in [0.3, 0.4) is 0 Å². The molecule has 2 aromatic carbocycles. The summed E-state index contributed by atoms with van der Waals surface area (Å²) in [7, 11) is 0. The van der Waals surface area contributed by atoms with Crippen molar-refractivity contribution in [3.8, 4) is 11.5 Å². The molecule has 0 saturated heterocycles. The third-order valence-corrected chi connectivity index (χ3v) is 4.43. The molecular formula is C20H17ClN4O3. The van der Waals surface area contributed by atoms with E-state index in [0.717, 1.165) is 22.6 Å². The maximum Gasteiger partial charge on any atom is 0.272 e. The molecular weight excluding hydrogens is 380 g/mol. The highest BCUT2D eigenvalue weighted by molar-refractivity contribution is 6.30. The zero-order valence-electron chi connectivity index (χ0n) is 14.8. The fraction of sp³-hybridized carbons (Fsp3) is 0.150. The molecule has 7 nitrogen and oxygen atoms in total. The van der Waals surface area contributed by atoms with Crippen molar-refractivity contribution < 1.29 is 14.3 Å². The number of benzene rings is 2. The number of aromatic nitrogens is 2. The minimum Gasteiger partial charge on any atom is -0.454 e. The molecule has 1 aromatic heterocycles. The average Bonchev–Trinajstić information content (AvgIpc) is 3.20. The smallest absolute Gasteiger partial charge is 0.272 e. The predicted molar refractivity (Wildman–Crippen MR) is 105 cm³/mol. The maximum atomic E-state index is 12.2. The van der Waals surface area contributed by atoms with Crippen molar-refractivity contribution in [2.75, 3.05) is 12.1 Å². The van der Waals surface area contributed by atoms with E-state index < -0.39 is 0 Å². The molecule has 0 spiro atoms. The molecule has 0 aliphatic carbocycles. The fourth-order valence-corrected chi connectivity index (χ4v) is 2.79. The van der Waals surface area contributed by atoms with Crippen LogP contribution >= 0.6 is 11.6 Å². The third-order valence-electron chi connectivity index (χ3n) is 4.17. The Morgan fingerprint density at radius 1 is 0.929 bits per heavy atom. The van der Waals surface area contributed by atoms with Gasteiger partial charge in [-0.25, -0.2) is 0 Å². The van der Waals surface area contributed by atoms with E-state index in [-0.39, 0.29) is 18.4 Å². The lowest BCUT2D eigenvalue weighted by atomic mass is 10.2. The first-order valence-electron chi connectivity index (χ1n) is 8.66. The Labute approximate surface area is 166 Å². The summed E-state index contributed by atoms with van der Waals surface area (Å²) in [5.74, 6) is 1.77. The van der Waals surface area contributed by atoms with Crippen molar-refractivity contribution in [3.05, 3.63) is 76.4 Å². The van der Waals surface area contributed by atoms with Crippen LogP contribution < -0.4 is 20.1 Å². The Hall–Kier alpha value is -3.32. The first kappa shape index (κ1) is 18.1. The summed E-state index contributed by atoms with van der Waals surface area (Å²) in [6, 6.07) is 16.4. The second kappa shape index (κ2) is 8.14. The number of anilines is 1. The van der Waals surface area contributed by atoms with Crippen molar-refractivity contribution in [2.24, 2.45) is 0 Å². The van der Waals surface area contributed by atoms with E-state index in [1.807, 2.05) is 30.3 Å². The normalized spacial score (nSPS) is 11.9. The monoisotopic (exact) mass is 396 g/mol. The molecule has 0 fully saturated rings. The van der Waals surface area contributed by atoms with Gasteiger partial charge in [0, 0.05) is 18.1 Å². The van der Waals surface area contributed by atoms with Crippen LogP contribution in [0.25, 0.3) is 0 Å². The topological polar surface area (TPSA) is 85.4 Å². The molecule has 4 rings (SSSR count). The summed E-state index contributed by atoms with van der Waals surface area (Å²) >= 11 is 5.85. The molecule has 28 heavy (non-hydrogen) atoms. The van der Waals surface area contributed by atoms with E-state index in [2.05, 4.69) is 20.8 Å². The molecule has 1 amide bonds. The highest BCUT2D eigenvalue weighted by Crippen LogP contribution is 2.32. The number of fused-ring (bicyclic) bond motifs is 1. The summed E-state index contributed by atoms with van der Waals surface area (Å²) in [6.45, 7) is 1.19. The van der Waals surface area contributed by atoms with Crippen molar-refractivity contribution in [1.82, 2.24) is 15.5 Å². The summed E-state index contributed by atoms with van der Waals surface area (Å²) < 4.78 is 10.7. The van der Waals surface area contributed by atoms with Crippen LogP contribution in [-0.2, 0) is 13.1 Å². The van der Waals surface area contributed by atoms with E-state index in [1.165, 1.54) is 0 Å². The van der Waals surface area contributed by atoms with Crippen LogP contribution in [0.4, 0.5) is 5.82 Å². The second-order valence-corrected chi connectivity index (χ2v) is 6.59. The van der Waals surface area contributed by atoms with Crippen molar-refractivity contribution in [3.63, 3.8) is 0 Å². The van der Waals surface area contributed by atoms with E-state index in [1.54, 1.807) is 24.3 Å². The third kappa shape index (κ3) is 4.32. The number of halogens is 1. The van der Waals surface area contributed by atoms with Gasteiger partial charge in [0.1, 0.15) is 5.82 Å². The van der Waals surface area contributed by atoms with Crippen LogP contribution in [0.2, 0.25) is 5.02 Å². The van der Waals surface area contributed by atoms with Gasteiger partial charge < -0.3 is 20.1 Å². The lowest BCUT2D eigenvalue weighted by molar-refractivity contribution is 0.0945. The first-order chi connectivity index (χ1) is 13.7. The molecule has 0 atom stereocenters. The van der Waals surface area contributed by atoms with Crippen molar-refractivity contribution in [1.29, 1.82) is 0 Å². The molecule has 2 heterocycles. The van der Waals surface area contributed by atoms with Crippen LogP contribution in [0.15, 0.2) is 54.6 Å². The number of carbonyl (C=O) groups is 1. The molecule has 1 aliphatic heterocycles. The zero-order chi connectivity index (χ0) is 19.3. The van der Waals surface area contributed by atoms with Gasteiger partial charge in [0.15, 0.2) is 17.2 Å². The summed E-state index contributed by atoms with van der Waals surface area (Å²) in [5.41, 5.74) is 2.23. The van der Waals surface area contributed by atoms with Gasteiger partial charge in [0.25, 0.3) is 5.91 Å². The minimum absolute atomic E-state index is 0.249. The minimum atomic E-state index is -0.287. The van der Waals surface area contributed by atoms with E-state index in [0.29, 0.717) is 23.9 Å². The number of hydrogen-bond donors (Lipinski definition) is 2. The number of ether oxygens (including phenoxy) is 2. The molecule has 1 aliphatic rings. The van der Waals surface area contributed by atoms with Gasteiger partial charge in [-0.1, -0.05) is 29.8 Å². The molecule has 3 aromatic rings. The van der Waals surface area contributed by atoms with Gasteiger partial charge in [0.2, 0.25) is 6.79 Å². The van der Waals surface area contributed by atoms with Gasteiger partial charge in [0.05, 0.1) is 0 Å². The van der Waals surface area contributed by atoms with Crippen LogP contribution in [0, 0.1) is 0 Å². The van der Waals surface area contributed by atoms with Crippen molar-refractivity contribution in [2.45, 2.75) is 13.1 Å². The number of nitrogens with one attached hydrogen (secondary N) is 2. The largest absolute Gasteiger partial charge is 0.454 e. The van der Waals surface area contributed by atoms with E-state index in [9.17, 15) is 4.79 Å². The molecule has 0 radical (unpaired) electrons. The lowest BCUT2D eigenvalue weighted by Crippen LogP contribution is -2.24. The van der Waals surface area contributed by atoms with Gasteiger partial charge >= 0.3 is 0 Å². The molecule has 0 bridgehead atoms. The highest BCUT2D eigenvalue weighted by Gasteiger charge is 2.13. The Morgan fingerprint density at radius 2 is 1.71 bits per heavy atom. The standard InChI is InChI=1S/C20H17ClN4O3/c21-15-4-1-13(2-5-15)10-23-20(26)16-6-8-19(25-24-16)22-11-14-3-7-17-18(9-14)28-12-27-17/h1-9H,10-12H2,(H,22,25)(H,23,26). The summed E-state index contributed by atoms with van der Waals surface area (Å²) in [4.78, 5) is 12.2. The lowest BCUT2D eigenvalue weighted by Gasteiger charge is -2.07.